The van der Waals surface area contributed by atoms with Crippen LogP contribution in [0.25, 0.3) is 11.3 Å². The Kier molecular flexibility index (Phi) is 5.08. The Hall–Kier alpha value is -2.14. The van der Waals surface area contributed by atoms with Gasteiger partial charge in [0.15, 0.2) is 11.7 Å². The standard InChI is InChI=1S/C18H23N3O2/c1-21(15-9-11-19-12-10-15)18(22)8-7-17-20-13-16(23-17)14-5-3-2-4-6-14/h2-6,13,15,19H,7-12H2,1H3. The monoisotopic (exact) mass is 313 g/mol. The molecule has 1 aliphatic rings. The summed E-state index contributed by atoms with van der Waals surface area (Å²) in [6.45, 7) is 1.98. The molecule has 0 radical (unpaired) electrons. The van der Waals surface area contributed by atoms with Gasteiger partial charge in [-0.3, -0.25) is 4.79 Å². The van der Waals surface area contributed by atoms with Crippen molar-refractivity contribution in [2.75, 3.05) is 20.1 Å². The summed E-state index contributed by atoms with van der Waals surface area (Å²) in [5.74, 6) is 1.53. The number of oxazole rings is 1. The van der Waals surface area contributed by atoms with Gasteiger partial charge in [0, 0.05) is 31.5 Å². The lowest BCUT2D eigenvalue weighted by Crippen LogP contribution is -2.44. The number of hydrogen-bond acceptors (Lipinski definition) is 4. The minimum atomic E-state index is 0.163. The first-order chi connectivity index (χ1) is 11.2. The molecule has 0 aliphatic carbocycles. The molecule has 3 rings (SSSR count). The highest BCUT2D eigenvalue weighted by atomic mass is 16.4. The van der Waals surface area contributed by atoms with Gasteiger partial charge < -0.3 is 14.6 Å². The topological polar surface area (TPSA) is 58.4 Å². The molecule has 1 aromatic carbocycles. The molecule has 1 fully saturated rings. The van der Waals surface area contributed by atoms with E-state index in [0.29, 0.717) is 24.8 Å². The molecule has 0 bridgehead atoms. The van der Waals surface area contributed by atoms with Gasteiger partial charge >= 0.3 is 0 Å². The molecule has 2 aromatic rings. The molecule has 1 aromatic heterocycles. The molecule has 1 N–H and O–H groups in total. The summed E-state index contributed by atoms with van der Waals surface area (Å²) in [4.78, 5) is 18.5. The van der Waals surface area contributed by atoms with E-state index in [4.69, 9.17) is 4.42 Å². The normalized spacial score (nSPS) is 15.5. The fourth-order valence-corrected chi connectivity index (χ4v) is 2.95. The number of benzene rings is 1. The van der Waals surface area contributed by atoms with E-state index in [1.165, 1.54) is 0 Å². The van der Waals surface area contributed by atoms with E-state index in [2.05, 4.69) is 10.3 Å². The average molecular weight is 313 g/mol. The number of carbonyl (C=O) groups excluding carboxylic acids is 1. The number of amides is 1. The predicted molar refractivity (Wildman–Crippen MR) is 88.9 cm³/mol. The van der Waals surface area contributed by atoms with Gasteiger partial charge in [0.2, 0.25) is 5.91 Å². The third kappa shape index (κ3) is 3.99. The van der Waals surface area contributed by atoms with E-state index in [0.717, 1.165) is 37.3 Å². The number of nitrogens with zero attached hydrogens (tertiary/aromatic N) is 2. The number of rotatable bonds is 5. The lowest BCUT2D eigenvalue weighted by molar-refractivity contribution is -0.132. The largest absolute Gasteiger partial charge is 0.441 e. The van der Waals surface area contributed by atoms with Crippen LogP contribution in [0.4, 0.5) is 0 Å². The molecule has 1 saturated heterocycles. The summed E-state index contributed by atoms with van der Waals surface area (Å²) >= 11 is 0. The van der Waals surface area contributed by atoms with Crippen LogP contribution in [-0.4, -0.2) is 42.0 Å². The highest BCUT2D eigenvalue weighted by Gasteiger charge is 2.22. The van der Waals surface area contributed by atoms with Gasteiger partial charge in [-0.15, -0.1) is 0 Å². The number of piperidine rings is 1. The van der Waals surface area contributed by atoms with Gasteiger partial charge in [0.1, 0.15) is 0 Å². The Bertz CT molecular complexity index is 633. The van der Waals surface area contributed by atoms with E-state index < -0.39 is 0 Å². The van der Waals surface area contributed by atoms with Gasteiger partial charge in [-0.25, -0.2) is 4.98 Å². The van der Waals surface area contributed by atoms with E-state index in [1.54, 1.807) is 6.20 Å². The Morgan fingerprint density at radius 1 is 1.30 bits per heavy atom. The Balaban J connectivity index is 1.54. The zero-order valence-corrected chi connectivity index (χ0v) is 13.5. The van der Waals surface area contributed by atoms with Crippen molar-refractivity contribution >= 4 is 5.91 Å². The zero-order chi connectivity index (χ0) is 16.1. The molecule has 0 unspecified atom stereocenters. The van der Waals surface area contributed by atoms with Crippen LogP contribution in [0.15, 0.2) is 40.9 Å². The number of aryl methyl sites for hydroxylation is 1. The van der Waals surface area contributed by atoms with Crippen LogP contribution in [0.3, 0.4) is 0 Å². The first kappa shape index (κ1) is 15.7. The third-order valence-corrected chi connectivity index (χ3v) is 4.41. The molecule has 0 spiro atoms. The maximum atomic E-state index is 12.3. The van der Waals surface area contributed by atoms with Crippen LogP contribution in [0.2, 0.25) is 0 Å². The number of nitrogens with one attached hydrogen (secondary N) is 1. The van der Waals surface area contributed by atoms with Crippen molar-refractivity contribution in [1.29, 1.82) is 0 Å². The van der Waals surface area contributed by atoms with E-state index >= 15 is 0 Å². The SMILES string of the molecule is CN(C(=O)CCc1ncc(-c2ccccc2)o1)C1CCNCC1. The van der Waals surface area contributed by atoms with E-state index in [9.17, 15) is 4.79 Å². The van der Waals surface area contributed by atoms with Crippen molar-refractivity contribution in [3.63, 3.8) is 0 Å². The number of aromatic nitrogens is 1. The molecule has 5 nitrogen and oxygen atoms in total. The number of hydrogen-bond donors (Lipinski definition) is 1. The minimum absolute atomic E-state index is 0.163. The molecule has 23 heavy (non-hydrogen) atoms. The molecule has 0 atom stereocenters. The third-order valence-electron chi connectivity index (χ3n) is 4.41. The van der Waals surface area contributed by atoms with Gasteiger partial charge in [-0.05, 0) is 25.9 Å². The van der Waals surface area contributed by atoms with E-state index in [1.807, 2.05) is 42.3 Å². The van der Waals surface area contributed by atoms with Crippen molar-refractivity contribution in [2.45, 2.75) is 31.7 Å². The number of carbonyl (C=O) groups is 1. The Labute approximate surface area is 136 Å². The average Bonchev–Trinajstić information content (AvgIpc) is 3.09. The van der Waals surface area contributed by atoms with Crippen molar-refractivity contribution in [2.24, 2.45) is 0 Å². The predicted octanol–water partition coefficient (Wildman–Crippen LogP) is 2.48. The second kappa shape index (κ2) is 7.42. The quantitative estimate of drug-likeness (QED) is 0.921. The van der Waals surface area contributed by atoms with E-state index in [-0.39, 0.29) is 5.91 Å². The summed E-state index contributed by atoms with van der Waals surface area (Å²) < 4.78 is 5.75. The summed E-state index contributed by atoms with van der Waals surface area (Å²) in [5.41, 5.74) is 1.00. The van der Waals surface area contributed by atoms with Crippen LogP contribution in [0, 0.1) is 0 Å². The second-order valence-corrected chi connectivity index (χ2v) is 5.97. The molecule has 2 heterocycles. The van der Waals surface area contributed by atoms with Crippen LogP contribution < -0.4 is 5.32 Å². The Morgan fingerprint density at radius 3 is 2.78 bits per heavy atom. The highest BCUT2D eigenvalue weighted by molar-refractivity contribution is 5.76. The summed E-state index contributed by atoms with van der Waals surface area (Å²) in [5, 5.41) is 3.32. The lowest BCUT2D eigenvalue weighted by Gasteiger charge is -2.31. The van der Waals surface area contributed by atoms with Gasteiger partial charge in [0.25, 0.3) is 0 Å². The van der Waals surface area contributed by atoms with Crippen molar-refractivity contribution in [3.05, 3.63) is 42.4 Å². The maximum Gasteiger partial charge on any atom is 0.223 e. The smallest absolute Gasteiger partial charge is 0.223 e. The van der Waals surface area contributed by atoms with Gasteiger partial charge in [0.05, 0.1) is 6.20 Å². The molecule has 1 amide bonds. The first-order valence-corrected chi connectivity index (χ1v) is 8.20. The summed E-state index contributed by atoms with van der Waals surface area (Å²) in [6.07, 6.45) is 4.76. The maximum absolute atomic E-state index is 12.3. The van der Waals surface area contributed by atoms with Crippen molar-refractivity contribution in [1.82, 2.24) is 15.2 Å². The van der Waals surface area contributed by atoms with Crippen LogP contribution >= 0.6 is 0 Å². The molecule has 1 aliphatic heterocycles. The van der Waals surface area contributed by atoms with Crippen molar-refractivity contribution < 1.29 is 9.21 Å². The first-order valence-electron chi connectivity index (χ1n) is 8.20. The van der Waals surface area contributed by atoms with Gasteiger partial charge in [-0.2, -0.15) is 0 Å². The summed E-state index contributed by atoms with van der Waals surface area (Å²) in [6, 6.07) is 10.2. The molecule has 5 heteroatoms. The second-order valence-electron chi connectivity index (χ2n) is 5.97. The highest BCUT2D eigenvalue weighted by Crippen LogP contribution is 2.20. The lowest BCUT2D eigenvalue weighted by atomic mass is 10.0. The van der Waals surface area contributed by atoms with Crippen LogP contribution in [0.1, 0.15) is 25.2 Å². The fraction of sp³-hybridized carbons (Fsp3) is 0.444. The molecule has 0 saturated carbocycles. The fourth-order valence-electron chi connectivity index (χ4n) is 2.95. The van der Waals surface area contributed by atoms with Crippen molar-refractivity contribution in [3.8, 4) is 11.3 Å². The molecular formula is C18H23N3O2. The molecule has 122 valence electrons. The molecular weight excluding hydrogens is 290 g/mol. The van der Waals surface area contributed by atoms with Crippen LogP contribution in [0.5, 0.6) is 0 Å². The summed E-state index contributed by atoms with van der Waals surface area (Å²) in [7, 11) is 1.91. The van der Waals surface area contributed by atoms with Crippen LogP contribution in [-0.2, 0) is 11.2 Å². The van der Waals surface area contributed by atoms with Gasteiger partial charge in [-0.1, -0.05) is 30.3 Å². The zero-order valence-electron chi connectivity index (χ0n) is 13.5. The Morgan fingerprint density at radius 2 is 2.04 bits per heavy atom. The minimum Gasteiger partial charge on any atom is -0.441 e.